The first kappa shape index (κ1) is 12.2. The Hall–Kier alpha value is -2.29. The summed E-state index contributed by atoms with van der Waals surface area (Å²) in [7, 11) is 0. The fourth-order valence-corrected chi connectivity index (χ4v) is 1.91. The standard InChI is InChI=1S/C15H16N2O/c1-9-8-12(16)4-5-13(9)15(18)11-3-6-14(17)10(2)7-11/h3-8H,16-17H2,1-2H3. The Balaban J connectivity index is 2.44. The lowest BCUT2D eigenvalue weighted by Gasteiger charge is -2.07. The molecular formula is C15H16N2O. The van der Waals surface area contributed by atoms with E-state index < -0.39 is 0 Å². The lowest BCUT2D eigenvalue weighted by molar-refractivity contribution is 0.103. The smallest absolute Gasteiger partial charge is 0.193 e. The molecular weight excluding hydrogens is 224 g/mol. The van der Waals surface area contributed by atoms with Gasteiger partial charge in [0.05, 0.1) is 0 Å². The molecule has 0 aromatic heterocycles. The number of hydrogen-bond acceptors (Lipinski definition) is 3. The highest BCUT2D eigenvalue weighted by Gasteiger charge is 2.12. The zero-order chi connectivity index (χ0) is 13.3. The Kier molecular flexibility index (Phi) is 3.06. The van der Waals surface area contributed by atoms with Crippen LogP contribution in [0.25, 0.3) is 0 Å². The van der Waals surface area contributed by atoms with Crippen LogP contribution in [0.1, 0.15) is 27.0 Å². The van der Waals surface area contributed by atoms with Gasteiger partial charge in [-0.3, -0.25) is 4.79 Å². The third-order valence-electron chi connectivity index (χ3n) is 3.03. The van der Waals surface area contributed by atoms with Crippen molar-refractivity contribution in [3.05, 3.63) is 58.7 Å². The molecule has 0 saturated heterocycles. The molecule has 0 spiro atoms. The molecule has 0 fully saturated rings. The van der Waals surface area contributed by atoms with E-state index in [1.54, 1.807) is 30.3 Å². The highest BCUT2D eigenvalue weighted by Crippen LogP contribution is 2.19. The van der Waals surface area contributed by atoms with Gasteiger partial charge in [0.2, 0.25) is 0 Å². The first-order valence-corrected chi connectivity index (χ1v) is 5.76. The van der Waals surface area contributed by atoms with E-state index in [0.29, 0.717) is 22.5 Å². The Labute approximate surface area is 106 Å². The van der Waals surface area contributed by atoms with Gasteiger partial charge in [0.15, 0.2) is 5.78 Å². The molecule has 0 aliphatic heterocycles. The number of nitrogens with two attached hydrogens (primary N) is 2. The molecule has 3 heteroatoms. The highest BCUT2D eigenvalue weighted by molar-refractivity contribution is 6.10. The molecule has 0 saturated carbocycles. The fourth-order valence-electron chi connectivity index (χ4n) is 1.91. The summed E-state index contributed by atoms with van der Waals surface area (Å²) in [5, 5.41) is 0. The number of rotatable bonds is 2. The third-order valence-corrected chi connectivity index (χ3v) is 3.03. The maximum atomic E-state index is 12.4. The van der Waals surface area contributed by atoms with Crippen molar-refractivity contribution < 1.29 is 4.79 Å². The van der Waals surface area contributed by atoms with Crippen LogP contribution in [-0.2, 0) is 0 Å². The summed E-state index contributed by atoms with van der Waals surface area (Å²) in [6, 6.07) is 10.6. The maximum Gasteiger partial charge on any atom is 0.193 e. The van der Waals surface area contributed by atoms with E-state index in [4.69, 9.17) is 11.5 Å². The van der Waals surface area contributed by atoms with Gasteiger partial charge in [-0.05, 0) is 61.4 Å². The van der Waals surface area contributed by atoms with Crippen LogP contribution in [-0.4, -0.2) is 5.78 Å². The molecule has 2 aromatic carbocycles. The van der Waals surface area contributed by atoms with Gasteiger partial charge < -0.3 is 11.5 Å². The first-order chi connectivity index (χ1) is 8.49. The van der Waals surface area contributed by atoms with Crippen LogP contribution >= 0.6 is 0 Å². The van der Waals surface area contributed by atoms with E-state index in [2.05, 4.69) is 0 Å². The Morgan fingerprint density at radius 3 is 2.28 bits per heavy atom. The highest BCUT2D eigenvalue weighted by atomic mass is 16.1. The second-order valence-corrected chi connectivity index (χ2v) is 4.47. The fraction of sp³-hybridized carbons (Fsp3) is 0.133. The van der Waals surface area contributed by atoms with Crippen LogP contribution in [0.2, 0.25) is 0 Å². The van der Waals surface area contributed by atoms with Gasteiger partial charge in [0, 0.05) is 22.5 Å². The minimum Gasteiger partial charge on any atom is -0.399 e. The van der Waals surface area contributed by atoms with E-state index in [9.17, 15) is 4.79 Å². The lowest BCUT2D eigenvalue weighted by atomic mass is 9.97. The SMILES string of the molecule is Cc1cc(C(=O)c2ccc(N)cc2C)ccc1N. The summed E-state index contributed by atoms with van der Waals surface area (Å²) < 4.78 is 0. The van der Waals surface area contributed by atoms with Gasteiger partial charge in [-0.2, -0.15) is 0 Å². The average molecular weight is 240 g/mol. The lowest BCUT2D eigenvalue weighted by Crippen LogP contribution is -2.05. The molecule has 0 aliphatic rings. The summed E-state index contributed by atoms with van der Waals surface area (Å²) in [6.07, 6.45) is 0. The minimum absolute atomic E-state index is 0.00407. The van der Waals surface area contributed by atoms with Gasteiger partial charge in [0.25, 0.3) is 0 Å². The van der Waals surface area contributed by atoms with Crippen LogP contribution in [0.3, 0.4) is 0 Å². The Morgan fingerprint density at radius 1 is 0.944 bits per heavy atom. The van der Waals surface area contributed by atoms with Crippen molar-refractivity contribution in [2.45, 2.75) is 13.8 Å². The largest absolute Gasteiger partial charge is 0.399 e. The second kappa shape index (κ2) is 4.53. The van der Waals surface area contributed by atoms with Crippen LogP contribution < -0.4 is 11.5 Å². The predicted molar refractivity (Wildman–Crippen MR) is 74.6 cm³/mol. The molecule has 18 heavy (non-hydrogen) atoms. The number of nitrogen functional groups attached to an aromatic ring is 2. The monoisotopic (exact) mass is 240 g/mol. The average Bonchev–Trinajstić information content (AvgIpc) is 2.32. The molecule has 0 aliphatic carbocycles. The Bertz CT molecular complexity index is 618. The third kappa shape index (κ3) is 2.20. The zero-order valence-corrected chi connectivity index (χ0v) is 10.5. The first-order valence-electron chi connectivity index (χ1n) is 5.76. The molecule has 0 radical (unpaired) electrons. The van der Waals surface area contributed by atoms with Crippen molar-refractivity contribution in [2.24, 2.45) is 0 Å². The summed E-state index contributed by atoms with van der Waals surface area (Å²) in [5.41, 5.74) is 15.9. The molecule has 4 N–H and O–H groups in total. The number of carbonyl (C=O) groups is 1. The van der Waals surface area contributed by atoms with Crippen LogP contribution in [0.15, 0.2) is 36.4 Å². The van der Waals surface area contributed by atoms with Gasteiger partial charge in [-0.1, -0.05) is 0 Å². The molecule has 92 valence electrons. The van der Waals surface area contributed by atoms with Crippen molar-refractivity contribution in [1.82, 2.24) is 0 Å². The van der Waals surface area contributed by atoms with Crippen LogP contribution in [0.5, 0.6) is 0 Å². The van der Waals surface area contributed by atoms with Crippen LogP contribution in [0.4, 0.5) is 11.4 Å². The van der Waals surface area contributed by atoms with Gasteiger partial charge in [0.1, 0.15) is 0 Å². The minimum atomic E-state index is -0.00407. The van der Waals surface area contributed by atoms with E-state index in [1.807, 2.05) is 19.9 Å². The summed E-state index contributed by atoms with van der Waals surface area (Å²) in [4.78, 5) is 12.4. The van der Waals surface area contributed by atoms with Crippen molar-refractivity contribution in [1.29, 1.82) is 0 Å². The van der Waals surface area contributed by atoms with Crippen molar-refractivity contribution in [3.63, 3.8) is 0 Å². The summed E-state index contributed by atoms with van der Waals surface area (Å²) >= 11 is 0. The molecule has 0 bridgehead atoms. The normalized spacial score (nSPS) is 10.3. The molecule has 0 atom stereocenters. The number of ketones is 1. The molecule has 0 heterocycles. The quantitative estimate of drug-likeness (QED) is 0.626. The molecule has 3 nitrogen and oxygen atoms in total. The second-order valence-electron chi connectivity index (χ2n) is 4.47. The Morgan fingerprint density at radius 2 is 1.67 bits per heavy atom. The molecule has 2 aromatic rings. The maximum absolute atomic E-state index is 12.4. The number of hydrogen-bond donors (Lipinski definition) is 2. The van der Waals surface area contributed by atoms with Crippen molar-refractivity contribution in [3.8, 4) is 0 Å². The van der Waals surface area contributed by atoms with E-state index in [-0.39, 0.29) is 5.78 Å². The van der Waals surface area contributed by atoms with E-state index in [0.717, 1.165) is 11.1 Å². The van der Waals surface area contributed by atoms with Crippen LogP contribution in [0, 0.1) is 13.8 Å². The summed E-state index contributed by atoms with van der Waals surface area (Å²) in [6.45, 7) is 3.77. The van der Waals surface area contributed by atoms with E-state index >= 15 is 0 Å². The number of carbonyl (C=O) groups excluding carboxylic acids is 1. The zero-order valence-electron chi connectivity index (χ0n) is 10.5. The number of aryl methyl sites for hydroxylation is 2. The van der Waals surface area contributed by atoms with Gasteiger partial charge >= 0.3 is 0 Å². The molecule has 0 unspecified atom stereocenters. The van der Waals surface area contributed by atoms with Gasteiger partial charge in [-0.25, -0.2) is 0 Å². The molecule has 0 amide bonds. The number of benzene rings is 2. The van der Waals surface area contributed by atoms with Gasteiger partial charge in [-0.15, -0.1) is 0 Å². The topological polar surface area (TPSA) is 69.1 Å². The number of anilines is 2. The molecule has 2 rings (SSSR count). The van der Waals surface area contributed by atoms with Crippen molar-refractivity contribution >= 4 is 17.2 Å². The predicted octanol–water partition coefficient (Wildman–Crippen LogP) is 2.70. The summed E-state index contributed by atoms with van der Waals surface area (Å²) in [5.74, 6) is -0.00407. The van der Waals surface area contributed by atoms with Crippen molar-refractivity contribution in [2.75, 3.05) is 11.5 Å². The van der Waals surface area contributed by atoms with E-state index in [1.165, 1.54) is 0 Å².